The van der Waals surface area contributed by atoms with Gasteiger partial charge in [0.05, 0.1) is 0 Å². The number of hydrogen-bond donors (Lipinski definition) is 1. The smallest absolute Gasteiger partial charge is 0.288 e. The Hall–Kier alpha value is -1.03. The number of carbonyl (C=O) groups is 1. The topological polar surface area (TPSA) is 64.8 Å². The van der Waals surface area contributed by atoms with Gasteiger partial charge in [-0.25, -0.2) is 0 Å². The van der Waals surface area contributed by atoms with Gasteiger partial charge in [0.25, 0.3) is 5.91 Å². The zero-order valence-corrected chi connectivity index (χ0v) is 7.84. The number of nitrogens with two attached hydrogens (primary N) is 1. The zero-order valence-electron chi connectivity index (χ0n) is 7.84. The second-order valence-corrected chi connectivity index (χ2v) is 2.93. The normalized spacial score (nSPS) is 14.2. The third-order valence-electron chi connectivity index (χ3n) is 1.70. The van der Waals surface area contributed by atoms with Crippen LogP contribution < -0.4 is 5.73 Å². The van der Waals surface area contributed by atoms with Gasteiger partial charge in [0.2, 0.25) is 5.76 Å². The van der Waals surface area contributed by atoms with Crippen LogP contribution in [0.15, 0.2) is 11.5 Å². The second-order valence-electron chi connectivity index (χ2n) is 2.93. The van der Waals surface area contributed by atoms with Gasteiger partial charge in [0, 0.05) is 19.6 Å². The molecule has 1 rings (SSSR count). The van der Waals surface area contributed by atoms with Gasteiger partial charge in [0.15, 0.2) is 5.76 Å². The van der Waals surface area contributed by atoms with Crippen LogP contribution in [0.3, 0.4) is 0 Å². The highest BCUT2D eigenvalue weighted by molar-refractivity contribution is 5.93. The number of rotatable bonds is 7. The minimum atomic E-state index is -0.468. The van der Waals surface area contributed by atoms with Gasteiger partial charge in [-0.05, 0) is 12.8 Å². The molecule has 13 heavy (non-hydrogen) atoms. The monoisotopic (exact) mass is 185 g/mol. The molecule has 0 unspecified atom stereocenters. The minimum Gasteiger partial charge on any atom is -0.448 e. The Morgan fingerprint density at radius 1 is 1.54 bits per heavy atom. The summed E-state index contributed by atoms with van der Waals surface area (Å²) in [6.45, 7) is 3.58. The Balaban J connectivity index is 1.99. The molecule has 4 nitrogen and oxygen atoms in total. The van der Waals surface area contributed by atoms with Crippen molar-refractivity contribution in [3.63, 3.8) is 0 Å². The van der Waals surface area contributed by atoms with E-state index in [2.05, 4.69) is 6.92 Å². The molecule has 1 aliphatic rings. The lowest BCUT2D eigenvalue weighted by Crippen LogP contribution is -2.08. The van der Waals surface area contributed by atoms with Crippen molar-refractivity contribution in [2.45, 2.75) is 26.2 Å². The van der Waals surface area contributed by atoms with Gasteiger partial charge >= 0.3 is 0 Å². The lowest BCUT2D eigenvalue weighted by Gasteiger charge is -1.98. The van der Waals surface area contributed by atoms with Crippen molar-refractivity contribution < 1.29 is 14.3 Å². The molecule has 0 fully saturated rings. The lowest BCUT2D eigenvalue weighted by molar-refractivity contribution is -0.115. The fourth-order valence-electron chi connectivity index (χ4n) is 1.03. The van der Waals surface area contributed by atoms with E-state index in [9.17, 15) is 4.79 Å². The standard InChI is InChI=1S/C9H15NO3/c1-2-5-12-6-3-4-7-8(13-7)9(10)11/h2-6H2,1H3,(H2,10,11). The summed E-state index contributed by atoms with van der Waals surface area (Å²) in [6.07, 6.45) is 2.67. The Kier molecular flexibility index (Phi) is 3.76. The van der Waals surface area contributed by atoms with Crippen LogP contribution in [0, 0.1) is 0 Å². The highest BCUT2D eigenvalue weighted by atomic mass is 16.6. The fourth-order valence-corrected chi connectivity index (χ4v) is 1.03. The van der Waals surface area contributed by atoms with Crippen LogP contribution in [-0.2, 0) is 14.3 Å². The van der Waals surface area contributed by atoms with E-state index in [-0.39, 0.29) is 0 Å². The van der Waals surface area contributed by atoms with Gasteiger partial charge in [-0.1, -0.05) is 6.92 Å². The van der Waals surface area contributed by atoms with E-state index >= 15 is 0 Å². The first-order chi connectivity index (χ1) is 6.25. The van der Waals surface area contributed by atoms with E-state index in [1.54, 1.807) is 0 Å². The van der Waals surface area contributed by atoms with Crippen LogP contribution in [0.4, 0.5) is 0 Å². The maximum absolute atomic E-state index is 10.5. The van der Waals surface area contributed by atoms with E-state index in [1.807, 2.05) is 0 Å². The Morgan fingerprint density at radius 3 is 2.85 bits per heavy atom. The molecule has 4 heteroatoms. The quantitative estimate of drug-likeness (QED) is 0.600. The Morgan fingerprint density at radius 2 is 2.31 bits per heavy atom. The molecule has 0 saturated carbocycles. The summed E-state index contributed by atoms with van der Waals surface area (Å²) >= 11 is 0. The average molecular weight is 185 g/mol. The molecule has 0 aromatic rings. The van der Waals surface area contributed by atoms with E-state index in [0.717, 1.165) is 31.6 Å². The average Bonchev–Trinajstić information content (AvgIpc) is 2.83. The van der Waals surface area contributed by atoms with Crippen LogP contribution >= 0.6 is 0 Å². The minimum absolute atomic E-state index is 0.343. The number of allylic oxidation sites excluding steroid dienone is 1. The molecule has 1 heterocycles. The molecule has 74 valence electrons. The van der Waals surface area contributed by atoms with Crippen LogP contribution in [0.25, 0.3) is 0 Å². The second kappa shape index (κ2) is 4.87. The molecule has 0 saturated heterocycles. The third kappa shape index (κ3) is 3.46. The predicted molar refractivity (Wildman–Crippen MR) is 47.6 cm³/mol. The molecule has 0 aromatic heterocycles. The van der Waals surface area contributed by atoms with Crippen molar-refractivity contribution in [1.29, 1.82) is 0 Å². The molecule has 0 atom stereocenters. The predicted octanol–water partition coefficient (Wildman–Crippen LogP) is 0.920. The molecule has 0 aromatic carbocycles. The Labute approximate surface area is 77.7 Å². The lowest BCUT2D eigenvalue weighted by atomic mass is 10.3. The summed E-state index contributed by atoms with van der Waals surface area (Å²) in [5, 5.41) is 0. The maximum atomic E-state index is 10.5. The largest absolute Gasteiger partial charge is 0.448 e. The molecule has 0 spiro atoms. The first kappa shape index (κ1) is 10.1. The van der Waals surface area contributed by atoms with Crippen molar-refractivity contribution in [3.05, 3.63) is 11.5 Å². The van der Waals surface area contributed by atoms with Crippen LogP contribution in [-0.4, -0.2) is 19.1 Å². The molecule has 0 bridgehead atoms. The summed E-state index contributed by atoms with van der Waals surface area (Å²) in [5.41, 5.74) is 4.99. The summed E-state index contributed by atoms with van der Waals surface area (Å²) in [4.78, 5) is 10.5. The first-order valence-electron chi connectivity index (χ1n) is 4.54. The van der Waals surface area contributed by atoms with Gasteiger partial charge in [-0.15, -0.1) is 0 Å². The van der Waals surface area contributed by atoms with E-state index < -0.39 is 5.91 Å². The molecule has 2 N–H and O–H groups in total. The van der Waals surface area contributed by atoms with E-state index in [1.165, 1.54) is 0 Å². The van der Waals surface area contributed by atoms with Crippen molar-refractivity contribution in [1.82, 2.24) is 0 Å². The first-order valence-corrected chi connectivity index (χ1v) is 4.54. The number of primary amides is 1. The molecule has 0 aliphatic carbocycles. The zero-order chi connectivity index (χ0) is 9.68. The van der Waals surface area contributed by atoms with Crippen molar-refractivity contribution >= 4 is 5.91 Å². The van der Waals surface area contributed by atoms with Gasteiger partial charge < -0.3 is 15.2 Å². The highest BCUT2D eigenvalue weighted by Crippen LogP contribution is 2.29. The van der Waals surface area contributed by atoms with Crippen molar-refractivity contribution in [2.24, 2.45) is 5.73 Å². The van der Waals surface area contributed by atoms with Crippen LogP contribution in [0.2, 0.25) is 0 Å². The third-order valence-corrected chi connectivity index (χ3v) is 1.70. The fraction of sp³-hybridized carbons (Fsp3) is 0.667. The Bertz CT molecular complexity index is 223. The van der Waals surface area contributed by atoms with E-state index in [4.69, 9.17) is 15.2 Å². The van der Waals surface area contributed by atoms with Crippen LogP contribution in [0.1, 0.15) is 26.2 Å². The molecule has 1 amide bonds. The maximum Gasteiger partial charge on any atom is 0.288 e. The summed E-state index contributed by atoms with van der Waals surface area (Å²) < 4.78 is 10.2. The summed E-state index contributed by atoms with van der Waals surface area (Å²) in [7, 11) is 0. The summed E-state index contributed by atoms with van der Waals surface area (Å²) in [6, 6.07) is 0. The number of hydrogen-bond acceptors (Lipinski definition) is 3. The number of carbonyl (C=O) groups excluding carboxylic acids is 1. The van der Waals surface area contributed by atoms with Crippen LogP contribution in [0.5, 0.6) is 0 Å². The molecular formula is C9H15NO3. The molecular weight excluding hydrogens is 170 g/mol. The SMILES string of the molecule is CCCOCCCC1=C(C(N)=O)O1. The van der Waals surface area contributed by atoms with Gasteiger partial charge in [0.1, 0.15) is 0 Å². The van der Waals surface area contributed by atoms with E-state index in [0.29, 0.717) is 12.4 Å². The number of ether oxygens (including phenoxy) is 2. The summed E-state index contributed by atoms with van der Waals surface area (Å²) in [5.74, 6) is 0.604. The van der Waals surface area contributed by atoms with Gasteiger partial charge in [-0.2, -0.15) is 0 Å². The van der Waals surface area contributed by atoms with Crippen molar-refractivity contribution in [2.75, 3.05) is 13.2 Å². The highest BCUT2D eigenvalue weighted by Gasteiger charge is 2.29. The molecule has 1 aliphatic heterocycles. The van der Waals surface area contributed by atoms with Crippen molar-refractivity contribution in [3.8, 4) is 0 Å². The van der Waals surface area contributed by atoms with Gasteiger partial charge in [-0.3, -0.25) is 4.79 Å². The molecule has 0 radical (unpaired) electrons. The number of amides is 1.